The van der Waals surface area contributed by atoms with Gasteiger partial charge in [0, 0.05) is 18.5 Å². The molecule has 5 heteroatoms. The molecule has 1 heterocycles. The van der Waals surface area contributed by atoms with Crippen LogP contribution in [0.15, 0.2) is 5.38 Å². The second-order valence-corrected chi connectivity index (χ2v) is 5.04. The lowest BCUT2D eigenvalue weighted by molar-refractivity contribution is 0.0750. The number of carbonyl (C=O) groups is 1. The molecule has 0 aliphatic carbocycles. The van der Waals surface area contributed by atoms with E-state index in [0.29, 0.717) is 5.69 Å². The van der Waals surface area contributed by atoms with E-state index in [0.717, 1.165) is 30.9 Å². The molecule has 2 N–H and O–H groups in total. The molecule has 0 radical (unpaired) electrons. The predicted molar refractivity (Wildman–Crippen MR) is 71.2 cm³/mol. The number of rotatable bonds is 6. The maximum Gasteiger partial charge on any atom is 0.273 e. The van der Waals surface area contributed by atoms with Crippen LogP contribution >= 0.6 is 11.3 Å². The van der Waals surface area contributed by atoms with Crippen molar-refractivity contribution in [2.75, 3.05) is 13.1 Å². The summed E-state index contributed by atoms with van der Waals surface area (Å²) in [5, 5.41) is 2.63. The number of hydrogen-bond donors (Lipinski definition) is 1. The van der Waals surface area contributed by atoms with Gasteiger partial charge in [0.05, 0.1) is 6.04 Å². The molecule has 1 unspecified atom stereocenters. The first-order valence-corrected chi connectivity index (χ1v) is 6.98. The van der Waals surface area contributed by atoms with Crippen molar-refractivity contribution >= 4 is 17.2 Å². The SMILES string of the molecule is CCCN(CCC)C(=O)c1csc(C(C)N)n1. The Kier molecular flexibility index (Phi) is 5.58. The molecule has 1 rings (SSSR count). The van der Waals surface area contributed by atoms with Crippen LogP contribution in [0.4, 0.5) is 0 Å². The van der Waals surface area contributed by atoms with Gasteiger partial charge in [-0.15, -0.1) is 11.3 Å². The number of amides is 1. The number of thiazole rings is 1. The molecule has 0 aromatic carbocycles. The monoisotopic (exact) mass is 255 g/mol. The van der Waals surface area contributed by atoms with Crippen LogP contribution in [0.5, 0.6) is 0 Å². The lowest BCUT2D eigenvalue weighted by Gasteiger charge is -2.20. The highest BCUT2D eigenvalue weighted by Crippen LogP contribution is 2.17. The average Bonchev–Trinajstić information content (AvgIpc) is 2.77. The van der Waals surface area contributed by atoms with Gasteiger partial charge >= 0.3 is 0 Å². The average molecular weight is 255 g/mol. The molecule has 1 aromatic rings. The van der Waals surface area contributed by atoms with Gasteiger partial charge in [0.2, 0.25) is 0 Å². The summed E-state index contributed by atoms with van der Waals surface area (Å²) in [5.74, 6) is 0.0249. The van der Waals surface area contributed by atoms with Crippen molar-refractivity contribution in [1.82, 2.24) is 9.88 Å². The van der Waals surface area contributed by atoms with E-state index in [-0.39, 0.29) is 11.9 Å². The number of nitrogens with two attached hydrogens (primary N) is 1. The maximum absolute atomic E-state index is 12.2. The van der Waals surface area contributed by atoms with Crippen LogP contribution < -0.4 is 5.73 Å². The summed E-state index contributed by atoms with van der Waals surface area (Å²) in [4.78, 5) is 18.3. The van der Waals surface area contributed by atoms with E-state index in [4.69, 9.17) is 5.73 Å². The third-order valence-corrected chi connectivity index (χ3v) is 3.45. The summed E-state index contributed by atoms with van der Waals surface area (Å²) in [7, 11) is 0. The van der Waals surface area contributed by atoms with Crippen LogP contribution in [-0.2, 0) is 0 Å². The molecule has 17 heavy (non-hydrogen) atoms. The summed E-state index contributed by atoms with van der Waals surface area (Å²) in [6.07, 6.45) is 1.94. The van der Waals surface area contributed by atoms with Crippen LogP contribution in [0.1, 0.15) is 55.2 Å². The molecule has 0 bridgehead atoms. The number of hydrogen-bond acceptors (Lipinski definition) is 4. The van der Waals surface area contributed by atoms with E-state index < -0.39 is 0 Å². The molecule has 1 atom stereocenters. The zero-order valence-corrected chi connectivity index (χ0v) is 11.6. The highest BCUT2D eigenvalue weighted by atomic mass is 32.1. The predicted octanol–water partition coefficient (Wildman–Crippen LogP) is 2.42. The molecule has 4 nitrogen and oxygen atoms in total. The Bertz CT molecular complexity index is 356. The summed E-state index contributed by atoms with van der Waals surface area (Å²) in [6, 6.07) is -0.104. The van der Waals surface area contributed by atoms with Gasteiger partial charge in [-0.2, -0.15) is 0 Å². The Morgan fingerprint density at radius 1 is 1.47 bits per heavy atom. The van der Waals surface area contributed by atoms with Crippen molar-refractivity contribution in [3.05, 3.63) is 16.1 Å². The van der Waals surface area contributed by atoms with Crippen molar-refractivity contribution in [3.63, 3.8) is 0 Å². The first-order valence-electron chi connectivity index (χ1n) is 6.10. The molecule has 1 aromatic heterocycles. The normalized spacial score (nSPS) is 12.5. The van der Waals surface area contributed by atoms with E-state index in [1.54, 1.807) is 5.38 Å². The first kappa shape index (κ1) is 14.1. The smallest absolute Gasteiger partial charge is 0.273 e. The lowest BCUT2D eigenvalue weighted by atomic mass is 10.3. The molecule has 0 aliphatic rings. The van der Waals surface area contributed by atoms with Crippen LogP contribution in [0, 0.1) is 0 Å². The van der Waals surface area contributed by atoms with E-state index in [1.165, 1.54) is 11.3 Å². The van der Waals surface area contributed by atoms with Crippen molar-refractivity contribution in [2.45, 2.75) is 39.7 Å². The van der Waals surface area contributed by atoms with Crippen molar-refractivity contribution in [3.8, 4) is 0 Å². The van der Waals surface area contributed by atoms with Gasteiger partial charge in [-0.25, -0.2) is 4.98 Å². The maximum atomic E-state index is 12.2. The highest BCUT2D eigenvalue weighted by molar-refractivity contribution is 7.09. The Labute approximate surface area is 107 Å². The minimum atomic E-state index is -0.104. The summed E-state index contributed by atoms with van der Waals surface area (Å²) < 4.78 is 0. The molecule has 0 spiro atoms. The van der Waals surface area contributed by atoms with Crippen molar-refractivity contribution in [2.24, 2.45) is 5.73 Å². The minimum absolute atomic E-state index is 0.0249. The summed E-state index contributed by atoms with van der Waals surface area (Å²) >= 11 is 1.46. The largest absolute Gasteiger partial charge is 0.337 e. The van der Waals surface area contributed by atoms with Gasteiger partial charge < -0.3 is 10.6 Å². The Balaban J connectivity index is 2.77. The molecule has 96 valence electrons. The highest BCUT2D eigenvalue weighted by Gasteiger charge is 2.18. The van der Waals surface area contributed by atoms with Gasteiger partial charge in [0.25, 0.3) is 5.91 Å². The van der Waals surface area contributed by atoms with Gasteiger partial charge in [0.15, 0.2) is 0 Å². The third-order valence-electron chi connectivity index (χ3n) is 2.40. The van der Waals surface area contributed by atoms with Gasteiger partial charge in [-0.3, -0.25) is 4.79 Å². The van der Waals surface area contributed by atoms with Gasteiger partial charge in [-0.1, -0.05) is 13.8 Å². The van der Waals surface area contributed by atoms with Crippen LogP contribution in [0.2, 0.25) is 0 Å². The fourth-order valence-corrected chi connectivity index (χ4v) is 2.36. The summed E-state index contributed by atoms with van der Waals surface area (Å²) in [6.45, 7) is 7.60. The Morgan fingerprint density at radius 3 is 2.47 bits per heavy atom. The fraction of sp³-hybridized carbons (Fsp3) is 0.667. The molecule has 0 fully saturated rings. The van der Waals surface area contributed by atoms with Crippen molar-refractivity contribution in [1.29, 1.82) is 0 Å². The summed E-state index contributed by atoms with van der Waals surface area (Å²) in [5.41, 5.74) is 6.28. The number of aromatic nitrogens is 1. The zero-order valence-electron chi connectivity index (χ0n) is 10.8. The molecular formula is C12H21N3OS. The third kappa shape index (κ3) is 3.78. The Hall–Kier alpha value is -0.940. The second-order valence-electron chi connectivity index (χ2n) is 4.15. The standard InChI is InChI=1S/C12H21N3OS/c1-4-6-15(7-5-2)12(16)10-8-17-11(14-10)9(3)13/h8-9H,4-7,13H2,1-3H3. The molecule has 0 aliphatic heterocycles. The fourth-order valence-electron chi connectivity index (χ4n) is 1.61. The van der Waals surface area contributed by atoms with E-state index >= 15 is 0 Å². The van der Waals surface area contributed by atoms with Crippen LogP contribution in [-0.4, -0.2) is 28.9 Å². The first-order chi connectivity index (χ1) is 8.10. The Morgan fingerprint density at radius 2 is 2.06 bits per heavy atom. The number of carbonyl (C=O) groups excluding carboxylic acids is 1. The minimum Gasteiger partial charge on any atom is -0.337 e. The van der Waals surface area contributed by atoms with E-state index in [9.17, 15) is 4.79 Å². The quantitative estimate of drug-likeness (QED) is 0.849. The van der Waals surface area contributed by atoms with Crippen molar-refractivity contribution < 1.29 is 4.79 Å². The molecule has 1 amide bonds. The topological polar surface area (TPSA) is 59.2 Å². The zero-order chi connectivity index (χ0) is 12.8. The van der Waals surface area contributed by atoms with Crippen LogP contribution in [0.25, 0.3) is 0 Å². The molecule has 0 saturated heterocycles. The number of nitrogens with zero attached hydrogens (tertiary/aromatic N) is 2. The van der Waals surface area contributed by atoms with E-state index in [2.05, 4.69) is 18.8 Å². The molecular weight excluding hydrogens is 234 g/mol. The van der Waals surface area contributed by atoms with Gasteiger partial charge in [0.1, 0.15) is 10.7 Å². The van der Waals surface area contributed by atoms with Crippen LogP contribution in [0.3, 0.4) is 0 Å². The lowest BCUT2D eigenvalue weighted by Crippen LogP contribution is -2.32. The second kappa shape index (κ2) is 6.71. The van der Waals surface area contributed by atoms with Gasteiger partial charge in [-0.05, 0) is 19.8 Å². The van der Waals surface area contributed by atoms with E-state index in [1.807, 2.05) is 11.8 Å². The molecule has 0 saturated carbocycles.